The molecule has 1 aliphatic carbocycles. The average molecular weight is 451 g/mol. The molecule has 1 aliphatic rings. The largest absolute Gasteiger partial charge is 0.283 e. The van der Waals surface area contributed by atoms with Crippen LogP contribution < -0.4 is 4.90 Å². The lowest BCUT2D eigenvalue weighted by Crippen LogP contribution is -2.32. The van der Waals surface area contributed by atoms with Crippen molar-refractivity contribution in [2.24, 2.45) is 0 Å². The molecule has 1 saturated carbocycles. The number of benzene rings is 2. The Balaban J connectivity index is 1.43. The third kappa shape index (κ3) is 4.20. The highest BCUT2D eigenvalue weighted by Crippen LogP contribution is 2.37. The molecule has 0 saturated heterocycles. The van der Waals surface area contributed by atoms with Gasteiger partial charge in [-0.2, -0.15) is 0 Å². The van der Waals surface area contributed by atoms with Crippen molar-refractivity contribution in [3.8, 4) is 0 Å². The van der Waals surface area contributed by atoms with Gasteiger partial charge in [0.15, 0.2) is 5.13 Å². The lowest BCUT2D eigenvalue weighted by Gasteiger charge is -2.19. The van der Waals surface area contributed by atoms with Crippen molar-refractivity contribution in [1.82, 2.24) is 25.2 Å². The van der Waals surface area contributed by atoms with Gasteiger partial charge in [0.2, 0.25) is 11.1 Å². The molecule has 9 heteroatoms. The Morgan fingerprint density at radius 3 is 2.77 bits per heavy atom. The van der Waals surface area contributed by atoms with Crippen LogP contribution >= 0.6 is 23.1 Å². The second-order valence-electron chi connectivity index (χ2n) is 7.74. The van der Waals surface area contributed by atoms with E-state index in [0.29, 0.717) is 17.7 Å². The number of tetrazole rings is 1. The van der Waals surface area contributed by atoms with Gasteiger partial charge in [-0.3, -0.25) is 9.69 Å². The van der Waals surface area contributed by atoms with Crippen LogP contribution in [0.4, 0.5) is 5.13 Å². The Morgan fingerprint density at radius 2 is 2.00 bits per heavy atom. The maximum Gasteiger partial charge on any atom is 0.239 e. The Bertz CT molecular complexity index is 1230. The average Bonchev–Trinajstić information content (AvgIpc) is 3.36. The van der Waals surface area contributed by atoms with Crippen LogP contribution in [0.5, 0.6) is 0 Å². The number of thioether (sulfide) groups is 1. The third-order valence-corrected chi connectivity index (χ3v) is 7.43. The Hall–Kier alpha value is -2.78. The molecule has 5 rings (SSSR count). The van der Waals surface area contributed by atoms with E-state index in [1.165, 1.54) is 17.3 Å². The monoisotopic (exact) mass is 450 g/mol. The predicted molar refractivity (Wildman–Crippen MR) is 124 cm³/mol. The number of nitrogens with zero attached hydrogens (tertiary/aromatic N) is 6. The zero-order chi connectivity index (χ0) is 21.4. The minimum atomic E-state index is -0.00682. The van der Waals surface area contributed by atoms with Crippen LogP contribution in [0, 0.1) is 13.8 Å². The third-order valence-electron chi connectivity index (χ3n) is 5.47. The standard InChI is InChI=1S/C22H22N6OS2/c1-14-8-11-18-20(15(14)2)23-21(31-18)27(12-16-6-4-3-5-7-16)19(29)13-30-22-24-25-26-28(22)17-9-10-17/h3-8,11,17H,9-10,12-13H2,1-2H3. The van der Waals surface area contributed by atoms with Gasteiger partial charge in [-0.25, -0.2) is 9.67 Å². The molecule has 0 N–H and O–H groups in total. The van der Waals surface area contributed by atoms with Crippen molar-refractivity contribution in [2.75, 3.05) is 10.7 Å². The van der Waals surface area contributed by atoms with E-state index in [-0.39, 0.29) is 11.7 Å². The molecule has 2 aromatic carbocycles. The van der Waals surface area contributed by atoms with Gasteiger partial charge < -0.3 is 0 Å². The summed E-state index contributed by atoms with van der Waals surface area (Å²) in [6.07, 6.45) is 2.19. The number of aryl methyl sites for hydroxylation is 2. The predicted octanol–water partition coefficient (Wildman–Crippen LogP) is 4.56. The molecular formula is C22H22N6OS2. The fourth-order valence-electron chi connectivity index (χ4n) is 3.39. The summed E-state index contributed by atoms with van der Waals surface area (Å²) in [7, 11) is 0. The first kappa shape index (κ1) is 20.1. The number of rotatable bonds is 7. The van der Waals surface area contributed by atoms with Crippen LogP contribution in [-0.2, 0) is 11.3 Å². The molecule has 0 aliphatic heterocycles. The molecule has 7 nitrogen and oxygen atoms in total. The summed E-state index contributed by atoms with van der Waals surface area (Å²) in [5, 5.41) is 13.4. The van der Waals surface area contributed by atoms with Gasteiger partial charge in [0.1, 0.15) is 0 Å². The number of amides is 1. The number of aromatic nitrogens is 5. The van der Waals surface area contributed by atoms with Crippen LogP contribution in [0.2, 0.25) is 0 Å². The molecule has 1 amide bonds. The highest BCUT2D eigenvalue weighted by molar-refractivity contribution is 7.99. The SMILES string of the molecule is Cc1ccc2sc(N(Cc3ccccc3)C(=O)CSc3nnnn3C3CC3)nc2c1C. The smallest absolute Gasteiger partial charge is 0.239 e. The van der Waals surface area contributed by atoms with Gasteiger partial charge in [0.25, 0.3) is 0 Å². The lowest BCUT2D eigenvalue weighted by molar-refractivity contribution is -0.116. The number of carbonyl (C=O) groups excluding carboxylic acids is 1. The molecule has 0 spiro atoms. The quantitative estimate of drug-likeness (QED) is 0.384. The van der Waals surface area contributed by atoms with E-state index in [2.05, 4.69) is 41.5 Å². The first-order valence-corrected chi connectivity index (χ1v) is 12.0. The van der Waals surface area contributed by atoms with Crippen LogP contribution in [0.1, 0.15) is 35.6 Å². The first-order valence-electron chi connectivity index (χ1n) is 10.2. The molecule has 2 aromatic heterocycles. The Morgan fingerprint density at radius 1 is 1.19 bits per heavy atom. The summed E-state index contributed by atoms with van der Waals surface area (Å²) in [6, 6.07) is 14.6. The van der Waals surface area contributed by atoms with Crippen molar-refractivity contribution >= 4 is 44.4 Å². The summed E-state index contributed by atoms with van der Waals surface area (Å²) in [6.45, 7) is 4.64. The number of thiazole rings is 1. The van der Waals surface area contributed by atoms with E-state index in [4.69, 9.17) is 4.98 Å². The van der Waals surface area contributed by atoms with Crippen molar-refractivity contribution < 1.29 is 4.79 Å². The van der Waals surface area contributed by atoms with E-state index in [1.54, 1.807) is 16.2 Å². The van der Waals surface area contributed by atoms with Crippen molar-refractivity contribution in [2.45, 2.75) is 44.4 Å². The lowest BCUT2D eigenvalue weighted by atomic mass is 10.1. The molecule has 31 heavy (non-hydrogen) atoms. The molecule has 0 atom stereocenters. The van der Waals surface area contributed by atoms with Gasteiger partial charge in [-0.05, 0) is 59.9 Å². The zero-order valence-electron chi connectivity index (χ0n) is 17.4. The summed E-state index contributed by atoms with van der Waals surface area (Å²) in [5.41, 5.74) is 4.39. The van der Waals surface area contributed by atoms with Crippen molar-refractivity contribution in [1.29, 1.82) is 0 Å². The van der Waals surface area contributed by atoms with Gasteiger partial charge in [0, 0.05) is 0 Å². The second-order valence-corrected chi connectivity index (χ2v) is 9.69. The van der Waals surface area contributed by atoms with Crippen LogP contribution in [0.3, 0.4) is 0 Å². The normalized spacial score (nSPS) is 13.6. The van der Waals surface area contributed by atoms with E-state index >= 15 is 0 Å². The summed E-state index contributed by atoms with van der Waals surface area (Å²) in [5.74, 6) is 0.251. The highest BCUT2D eigenvalue weighted by Gasteiger charge is 2.29. The van der Waals surface area contributed by atoms with E-state index in [0.717, 1.165) is 39.3 Å². The fraction of sp³-hybridized carbons (Fsp3) is 0.318. The van der Waals surface area contributed by atoms with E-state index in [9.17, 15) is 4.79 Å². The maximum absolute atomic E-state index is 13.4. The number of hydrogen-bond donors (Lipinski definition) is 0. The molecule has 4 aromatic rings. The molecule has 1 fully saturated rings. The van der Waals surface area contributed by atoms with Gasteiger partial charge in [-0.1, -0.05) is 59.5 Å². The second kappa shape index (κ2) is 8.39. The molecule has 0 unspecified atom stereocenters. The minimum Gasteiger partial charge on any atom is -0.283 e. The van der Waals surface area contributed by atoms with Crippen molar-refractivity contribution in [3.63, 3.8) is 0 Å². The van der Waals surface area contributed by atoms with Crippen molar-refractivity contribution in [3.05, 3.63) is 59.2 Å². The number of carbonyl (C=O) groups is 1. The maximum atomic E-state index is 13.4. The van der Waals surface area contributed by atoms with Gasteiger partial charge >= 0.3 is 0 Å². The molecule has 0 bridgehead atoms. The Labute approximate surface area is 188 Å². The highest BCUT2D eigenvalue weighted by atomic mass is 32.2. The van der Waals surface area contributed by atoms with E-state index in [1.807, 2.05) is 35.0 Å². The van der Waals surface area contributed by atoms with Crippen LogP contribution in [-0.4, -0.2) is 36.9 Å². The Kier molecular flexibility index (Phi) is 5.45. The molecular weight excluding hydrogens is 428 g/mol. The minimum absolute atomic E-state index is 0.00682. The van der Waals surface area contributed by atoms with Gasteiger partial charge in [-0.15, -0.1) is 5.10 Å². The number of anilines is 1. The number of hydrogen-bond acceptors (Lipinski definition) is 7. The van der Waals surface area contributed by atoms with E-state index < -0.39 is 0 Å². The topological polar surface area (TPSA) is 76.8 Å². The zero-order valence-corrected chi connectivity index (χ0v) is 19.0. The molecule has 0 radical (unpaired) electrons. The number of fused-ring (bicyclic) bond motifs is 1. The van der Waals surface area contributed by atoms with Crippen LogP contribution in [0.15, 0.2) is 47.6 Å². The molecule has 2 heterocycles. The van der Waals surface area contributed by atoms with Gasteiger partial charge in [0.05, 0.1) is 28.6 Å². The molecule has 158 valence electrons. The summed E-state index contributed by atoms with van der Waals surface area (Å²) >= 11 is 2.95. The fourth-order valence-corrected chi connectivity index (χ4v) is 5.25. The first-order chi connectivity index (χ1) is 15.1. The summed E-state index contributed by atoms with van der Waals surface area (Å²) in [4.78, 5) is 20.0. The summed E-state index contributed by atoms with van der Waals surface area (Å²) < 4.78 is 2.93. The van der Waals surface area contributed by atoms with Crippen LogP contribution in [0.25, 0.3) is 10.2 Å².